The van der Waals surface area contributed by atoms with E-state index in [1.807, 2.05) is 50.4 Å². The van der Waals surface area contributed by atoms with Crippen molar-refractivity contribution in [3.8, 4) is 0 Å². The topological polar surface area (TPSA) is 37.4 Å². The Morgan fingerprint density at radius 3 is 2.57 bits per heavy atom. The lowest BCUT2D eigenvalue weighted by atomic mass is 10.2. The molecule has 0 aliphatic rings. The maximum Gasteiger partial charge on any atom is 0.265 e. The molecule has 2 aromatic rings. The molecule has 3 nitrogen and oxygen atoms in total. The molecule has 0 fully saturated rings. The lowest BCUT2D eigenvalue weighted by molar-refractivity contribution is 0.591. The van der Waals surface area contributed by atoms with Crippen LogP contribution in [0.3, 0.4) is 0 Å². The van der Waals surface area contributed by atoms with Gasteiger partial charge < -0.3 is 0 Å². The number of alkyl halides is 1. The average Bonchev–Trinajstić information content (AvgIpc) is 2.81. The van der Waals surface area contributed by atoms with E-state index in [0.29, 0.717) is 22.0 Å². The summed E-state index contributed by atoms with van der Waals surface area (Å²) in [6.45, 7) is 5.97. The van der Waals surface area contributed by atoms with Crippen molar-refractivity contribution in [3.05, 3.63) is 45.6 Å². The Morgan fingerprint density at radius 1 is 1.29 bits per heavy atom. The Bertz CT molecular complexity index is 738. The van der Waals surface area contributed by atoms with E-state index < -0.39 is 10.0 Å². The Morgan fingerprint density at radius 2 is 2.00 bits per heavy atom. The van der Waals surface area contributed by atoms with Crippen LogP contribution < -0.4 is 4.31 Å². The van der Waals surface area contributed by atoms with E-state index in [1.54, 1.807) is 0 Å². The fourth-order valence-electron chi connectivity index (χ4n) is 2.31. The summed E-state index contributed by atoms with van der Waals surface area (Å²) in [5, 5.41) is 1.84. The van der Waals surface area contributed by atoms with Crippen molar-refractivity contribution in [1.29, 1.82) is 0 Å². The molecule has 0 saturated heterocycles. The van der Waals surface area contributed by atoms with Crippen molar-refractivity contribution in [2.24, 2.45) is 0 Å². The van der Waals surface area contributed by atoms with Gasteiger partial charge in [0.15, 0.2) is 0 Å². The third-order valence-electron chi connectivity index (χ3n) is 3.24. The number of halogens is 1. The monoisotopic (exact) mass is 343 g/mol. The second-order valence-corrected chi connectivity index (χ2v) is 7.84. The summed E-state index contributed by atoms with van der Waals surface area (Å²) in [7, 11) is -3.59. The van der Waals surface area contributed by atoms with E-state index in [0.717, 1.165) is 11.1 Å². The SMILES string of the molecule is CCN(c1cccc(C)c1)S(=O)(=O)c1c(C)csc1CCl. The van der Waals surface area contributed by atoms with E-state index in [4.69, 9.17) is 11.6 Å². The summed E-state index contributed by atoms with van der Waals surface area (Å²) in [6, 6.07) is 7.51. The second kappa shape index (κ2) is 6.38. The molecule has 1 heterocycles. The Kier molecular flexibility index (Phi) is 4.96. The van der Waals surface area contributed by atoms with Gasteiger partial charge in [0.1, 0.15) is 4.90 Å². The van der Waals surface area contributed by atoms with Crippen LogP contribution in [0.4, 0.5) is 5.69 Å². The van der Waals surface area contributed by atoms with Gasteiger partial charge >= 0.3 is 0 Å². The second-order valence-electron chi connectivity index (χ2n) is 4.81. The van der Waals surface area contributed by atoms with Crippen LogP contribution in [-0.2, 0) is 15.9 Å². The molecule has 0 aliphatic carbocycles. The van der Waals surface area contributed by atoms with Crippen LogP contribution in [0.2, 0.25) is 0 Å². The first-order valence-electron chi connectivity index (χ1n) is 6.64. The van der Waals surface area contributed by atoms with Gasteiger partial charge in [0.25, 0.3) is 10.0 Å². The fourth-order valence-corrected chi connectivity index (χ4v) is 5.79. The lowest BCUT2D eigenvalue weighted by Crippen LogP contribution is -2.31. The zero-order chi connectivity index (χ0) is 15.6. The number of anilines is 1. The van der Waals surface area contributed by atoms with Gasteiger partial charge in [0.05, 0.1) is 11.6 Å². The molecular formula is C15H18ClNO2S2. The van der Waals surface area contributed by atoms with Gasteiger partial charge in [-0.2, -0.15) is 0 Å². The molecule has 0 radical (unpaired) electrons. The van der Waals surface area contributed by atoms with Gasteiger partial charge in [-0.25, -0.2) is 8.42 Å². The van der Waals surface area contributed by atoms with Crippen LogP contribution in [0.25, 0.3) is 0 Å². The maximum absolute atomic E-state index is 13.0. The smallest absolute Gasteiger partial charge is 0.265 e. The minimum absolute atomic E-state index is 0.207. The number of aryl methyl sites for hydroxylation is 2. The summed E-state index contributed by atoms with van der Waals surface area (Å²) >= 11 is 7.29. The molecule has 0 bridgehead atoms. The number of nitrogens with zero attached hydrogens (tertiary/aromatic N) is 1. The summed E-state index contributed by atoms with van der Waals surface area (Å²) in [5.41, 5.74) is 2.46. The van der Waals surface area contributed by atoms with Gasteiger partial charge in [0, 0.05) is 11.4 Å². The Balaban J connectivity index is 2.57. The molecule has 0 unspecified atom stereocenters. The van der Waals surface area contributed by atoms with E-state index in [9.17, 15) is 8.42 Å². The summed E-state index contributed by atoms with van der Waals surface area (Å²) in [4.78, 5) is 1.05. The standard InChI is InChI=1S/C15H18ClNO2S2/c1-4-17(13-7-5-6-11(2)8-13)21(18,19)15-12(3)10-20-14(15)9-16/h5-8,10H,4,9H2,1-3H3. The molecule has 0 spiro atoms. The normalized spacial score (nSPS) is 11.6. The highest BCUT2D eigenvalue weighted by atomic mass is 35.5. The highest BCUT2D eigenvalue weighted by Gasteiger charge is 2.29. The quantitative estimate of drug-likeness (QED) is 0.758. The van der Waals surface area contributed by atoms with Crippen LogP contribution >= 0.6 is 22.9 Å². The molecule has 114 valence electrons. The number of rotatable bonds is 5. The zero-order valence-electron chi connectivity index (χ0n) is 12.3. The van der Waals surface area contributed by atoms with Crippen LogP contribution in [0.5, 0.6) is 0 Å². The van der Waals surface area contributed by atoms with Gasteiger partial charge in [0.2, 0.25) is 0 Å². The Hall–Kier alpha value is -1.04. The van der Waals surface area contributed by atoms with Crippen molar-refractivity contribution in [3.63, 3.8) is 0 Å². The lowest BCUT2D eigenvalue weighted by Gasteiger charge is -2.24. The van der Waals surface area contributed by atoms with Crippen molar-refractivity contribution < 1.29 is 8.42 Å². The molecular weight excluding hydrogens is 326 g/mol. The first-order valence-corrected chi connectivity index (χ1v) is 9.49. The highest BCUT2D eigenvalue weighted by Crippen LogP contribution is 2.33. The van der Waals surface area contributed by atoms with E-state index in [1.165, 1.54) is 15.6 Å². The number of hydrogen-bond acceptors (Lipinski definition) is 3. The number of hydrogen-bond donors (Lipinski definition) is 0. The summed E-state index contributed by atoms with van der Waals surface area (Å²) in [5.74, 6) is 0.207. The van der Waals surface area contributed by atoms with Gasteiger partial charge in [-0.1, -0.05) is 12.1 Å². The minimum Gasteiger partial charge on any atom is -0.267 e. The van der Waals surface area contributed by atoms with Crippen LogP contribution in [0.15, 0.2) is 34.5 Å². The first-order chi connectivity index (χ1) is 9.91. The van der Waals surface area contributed by atoms with Crippen molar-refractivity contribution >= 4 is 38.6 Å². The molecule has 6 heteroatoms. The predicted molar refractivity (Wildman–Crippen MR) is 90.0 cm³/mol. The minimum atomic E-state index is -3.59. The van der Waals surface area contributed by atoms with Crippen molar-refractivity contribution in [2.75, 3.05) is 10.8 Å². The molecule has 0 saturated carbocycles. The van der Waals surface area contributed by atoms with Crippen LogP contribution in [0, 0.1) is 13.8 Å². The number of thiophene rings is 1. The van der Waals surface area contributed by atoms with E-state index in [2.05, 4.69) is 0 Å². The number of benzene rings is 1. The van der Waals surface area contributed by atoms with E-state index >= 15 is 0 Å². The Labute approximate surface area is 135 Å². The van der Waals surface area contributed by atoms with Gasteiger partial charge in [-0.3, -0.25) is 4.31 Å². The molecule has 2 rings (SSSR count). The molecule has 21 heavy (non-hydrogen) atoms. The van der Waals surface area contributed by atoms with E-state index in [-0.39, 0.29) is 5.88 Å². The van der Waals surface area contributed by atoms with Crippen molar-refractivity contribution in [2.45, 2.75) is 31.5 Å². The van der Waals surface area contributed by atoms with Gasteiger partial charge in [-0.05, 0) is 49.4 Å². The molecule has 0 atom stereocenters. The molecule has 1 aromatic carbocycles. The average molecular weight is 344 g/mol. The van der Waals surface area contributed by atoms with Crippen LogP contribution in [-0.4, -0.2) is 15.0 Å². The zero-order valence-corrected chi connectivity index (χ0v) is 14.6. The van der Waals surface area contributed by atoms with Crippen LogP contribution in [0.1, 0.15) is 22.9 Å². The predicted octanol–water partition coefficient (Wildman–Crippen LogP) is 4.32. The van der Waals surface area contributed by atoms with Gasteiger partial charge in [-0.15, -0.1) is 22.9 Å². The number of sulfonamides is 1. The largest absolute Gasteiger partial charge is 0.267 e. The molecule has 0 N–H and O–H groups in total. The van der Waals surface area contributed by atoms with Crippen molar-refractivity contribution in [1.82, 2.24) is 0 Å². The third-order valence-corrected chi connectivity index (χ3v) is 7.03. The summed E-state index contributed by atoms with van der Waals surface area (Å²) < 4.78 is 27.5. The molecule has 0 amide bonds. The third kappa shape index (κ3) is 3.10. The highest BCUT2D eigenvalue weighted by molar-refractivity contribution is 7.93. The summed E-state index contributed by atoms with van der Waals surface area (Å²) in [6.07, 6.45) is 0. The molecule has 0 aliphatic heterocycles. The first kappa shape index (κ1) is 16.3. The maximum atomic E-state index is 13.0. The fraction of sp³-hybridized carbons (Fsp3) is 0.333. The molecule has 1 aromatic heterocycles.